The van der Waals surface area contributed by atoms with Gasteiger partial charge in [-0.1, -0.05) is 13.8 Å². The lowest BCUT2D eigenvalue weighted by atomic mass is 9.75. The zero-order valence-corrected chi connectivity index (χ0v) is 10.9. The first-order chi connectivity index (χ1) is 6.67. The van der Waals surface area contributed by atoms with Gasteiger partial charge in [-0.15, -0.1) is 23.5 Å². The number of rotatable bonds is 0. The van der Waals surface area contributed by atoms with E-state index >= 15 is 0 Å². The Morgan fingerprint density at radius 3 is 2.43 bits per heavy atom. The summed E-state index contributed by atoms with van der Waals surface area (Å²) in [5, 5.41) is 0. The Labute approximate surface area is 96.3 Å². The largest absolute Gasteiger partial charge is 0.119 e. The molecule has 0 bridgehead atoms. The molecule has 0 aromatic carbocycles. The van der Waals surface area contributed by atoms with E-state index in [2.05, 4.69) is 37.4 Å². The highest BCUT2D eigenvalue weighted by atomic mass is 32.2. The van der Waals surface area contributed by atoms with Crippen molar-refractivity contribution in [2.75, 3.05) is 11.5 Å². The third kappa shape index (κ3) is 2.73. The second-order valence-electron chi connectivity index (χ2n) is 5.14. The van der Waals surface area contributed by atoms with E-state index in [0.29, 0.717) is 5.41 Å². The van der Waals surface area contributed by atoms with Gasteiger partial charge in [0.05, 0.1) is 0 Å². The number of thioether (sulfide) groups is 2. The Kier molecular flexibility index (Phi) is 3.54. The predicted octanol–water partition coefficient (Wildman–Crippen LogP) is 4.67. The van der Waals surface area contributed by atoms with Gasteiger partial charge in [-0.3, -0.25) is 0 Å². The average molecular weight is 228 g/mol. The van der Waals surface area contributed by atoms with Gasteiger partial charge in [0.2, 0.25) is 0 Å². The molecule has 1 aliphatic heterocycles. The van der Waals surface area contributed by atoms with E-state index in [1.807, 2.05) is 0 Å². The van der Waals surface area contributed by atoms with Gasteiger partial charge >= 0.3 is 0 Å². The maximum atomic E-state index is 2.42. The summed E-state index contributed by atoms with van der Waals surface area (Å²) in [6, 6.07) is 0. The predicted molar refractivity (Wildman–Crippen MR) is 68.8 cm³/mol. The molecule has 14 heavy (non-hydrogen) atoms. The van der Waals surface area contributed by atoms with Gasteiger partial charge in [0, 0.05) is 4.24 Å². The van der Waals surface area contributed by atoms with E-state index < -0.39 is 0 Å². The Balaban J connectivity index is 2.08. The second kappa shape index (κ2) is 4.52. The van der Waals surface area contributed by atoms with Crippen LogP contribution in [0, 0.1) is 5.41 Å². The third-order valence-corrected chi connectivity index (χ3v) is 5.86. The van der Waals surface area contributed by atoms with Crippen LogP contribution in [0.5, 0.6) is 0 Å². The van der Waals surface area contributed by atoms with Gasteiger partial charge in [-0.05, 0) is 54.6 Å². The fourth-order valence-electron chi connectivity index (χ4n) is 2.34. The Morgan fingerprint density at radius 1 is 1.07 bits per heavy atom. The van der Waals surface area contributed by atoms with E-state index in [0.717, 1.165) is 0 Å². The zero-order chi connectivity index (χ0) is 10.0. The summed E-state index contributed by atoms with van der Waals surface area (Å²) in [5.74, 6) is 2.71. The first-order valence-corrected chi connectivity index (χ1v) is 7.62. The molecule has 0 atom stereocenters. The molecule has 0 N–H and O–H groups in total. The van der Waals surface area contributed by atoms with Crippen LogP contribution in [0.15, 0.2) is 9.81 Å². The molecule has 0 spiro atoms. The molecule has 0 amide bonds. The number of hydrogen-bond donors (Lipinski definition) is 0. The van der Waals surface area contributed by atoms with Crippen LogP contribution < -0.4 is 0 Å². The van der Waals surface area contributed by atoms with E-state index in [4.69, 9.17) is 0 Å². The monoisotopic (exact) mass is 228 g/mol. The summed E-state index contributed by atoms with van der Waals surface area (Å²) in [6.07, 6.45) is 6.95. The lowest BCUT2D eigenvalue weighted by Crippen LogP contribution is -2.18. The van der Waals surface area contributed by atoms with Crippen molar-refractivity contribution in [3.05, 3.63) is 9.81 Å². The quantitative estimate of drug-likeness (QED) is 0.591. The van der Waals surface area contributed by atoms with E-state index in [1.54, 1.807) is 9.81 Å². The topological polar surface area (TPSA) is 0 Å². The first-order valence-electron chi connectivity index (χ1n) is 5.65. The van der Waals surface area contributed by atoms with Crippen LogP contribution in [0.2, 0.25) is 0 Å². The average Bonchev–Trinajstić information content (AvgIpc) is 2.18. The van der Waals surface area contributed by atoms with Crippen LogP contribution in [-0.2, 0) is 0 Å². The molecule has 1 heterocycles. The highest BCUT2D eigenvalue weighted by Gasteiger charge is 2.26. The summed E-state index contributed by atoms with van der Waals surface area (Å²) >= 11 is 4.23. The molecule has 80 valence electrons. The summed E-state index contributed by atoms with van der Waals surface area (Å²) in [4.78, 5) is 0. The summed E-state index contributed by atoms with van der Waals surface area (Å²) in [6.45, 7) is 4.84. The Morgan fingerprint density at radius 2 is 1.79 bits per heavy atom. The lowest BCUT2D eigenvalue weighted by Gasteiger charge is -2.33. The molecular weight excluding hydrogens is 208 g/mol. The second-order valence-corrected chi connectivity index (χ2v) is 7.60. The van der Waals surface area contributed by atoms with Crippen LogP contribution in [0.25, 0.3) is 0 Å². The van der Waals surface area contributed by atoms with Gasteiger partial charge in [0.15, 0.2) is 0 Å². The SMILES string of the molecule is CC1(C)CCCC(=C2SCCCS2)C1. The molecule has 2 aliphatic rings. The minimum absolute atomic E-state index is 0.569. The normalized spacial score (nSPS) is 27.9. The molecule has 0 aromatic heterocycles. The standard InChI is InChI=1S/C12H20S2/c1-12(2)6-3-5-10(9-12)11-13-7-4-8-14-11/h3-9H2,1-2H3. The highest BCUT2D eigenvalue weighted by Crippen LogP contribution is 2.46. The van der Waals surface area contributed by atoms with E-state index in [-0.39, 0.29) is 0 Å². The van der Waals surface area contributed by atoms with Gasteiger partial charge in [0.1, 0.15) is 0 Å². The maximum Gasteiger partial charge on any atom is 0.0393 e. The van der Waals surface area contributed by atoms with Crippen molar-refractivity contribution < 1.29 is 0 Å². The molecule has 1 saturated heterocycles. The van der Waals surface area contributed by atoms with Gasteiger partial charge in [0.25, 0.3) is 0 Å². The Hall–Kier alpha value is 0.440. The number of hydrogen-bond acceptors (Lipinski definition) is 2. The van der Waals surface area contributed by atoms with Crippen molar-refractivity contribution in [2.24, 2.45) is 5.41 Å². The molecule has 2 heteroatoms. The van der Waals surface area contributed by atoms with Crippen LogP contribution >= 0.6 is 23.5 Å². The molecular formula is C12H20S2. The first kappa shape index (κ1) is 10.9. The fraction of sp³-hybridized carbons (Fsp3) is 0.833. The van der Waals surface area contributed by atoms with E-state index in [9.17, 15) is 0 Å². The van der Waals surface area contributed by atoms with Crippen molar-refractivity contribution in [3.8, 4) is 0 Å². The van der Waals surface area contributed by atoms with Crippen molar-refractivity contribution in [1.82, 2.24) is 0 Å². The van der Waals surface area contributed by atoms with Crippen molar-refractivity contribution >= 4 is 23.5 Å². The Bertz CT molecular complexity index is 233. The minimum atomic E-state index is 0.569. The molecule has 2 fully saturated rings. The minimum Gasteiger partial charge on any atom is -0.119 e. The van der Waals surface area contributed by atoms with Crippen LogP contribution in [0.4, 0.5) is 0 Å². The van der Waals surface area contributed by atoms with Crippen LogP contribution in [0.3, 0.4) is 0 Å². The highest BCUT2D eigenvalue weighted by molar-refractivity contribution is 8.22. The van der Waals surface area contributed by atoms with Gasteiger partial charge in [-0.2, -0.15) is 0 Å². The molecule has 0 aromatic rings. The number of allylic oxidation sites excluding steroid dienone is 1. The van der Waals surface area contributed by atoms with Crippen LogP contribution in [0.1, 0.15) is 46.0 Å². The smallest absolute Gasteiger partial charge is 0.0393 e. The van der Waals surface area contributed by atoms with Crippen molar-refractivity contribution in [1.29, 1.82) is 0 Å². The van der Waals surface area contributed by atoms with Crippen molar-refractivity contribution in [3.63, 3.8) is 0 Å². The third-order valence-electron chi connectivity index (χ3n) is 3.07. The van der Waals surface area contributed by atoms with Gasteiger partial charge in [-0.25, -0.2) is 0 Å². The zero-order valence-electron chi connectivity index (χ0n) is 9.27. The lowest BCUT2D eigenvalue weighted by molar-refractivity contribution is 0.289. The fourth-order valence-corrected chi connectivity index (χ4v) is 5.06. The maximum absolute atomic E-state index is 2.42. The van der Waals surface area contributed by atoms with Crippen molar-refractivity contribution in [2.45, 2.75) is 46.0 Å². The van der Waals surface area contributed by atoms with Gasteiger partial charge < -0.3 is 0 Å². The van der Waals surface area contributed by atoms with Crippen LogP contribution in [-0.4, -0.2) is 11.5 Å². The molecule has 1 saturated carbocycles. The summed E-state index contributed by atoms with van der Waals surface area (Å²) < 4.78 is 1.68. The molecule has 0 nitrogen and oxygen atoms in total. The molecule has 0 unspecified atom stereocenters. The molecule has 0 radical (unpaired) electrons. The summed E-state index contributed by atoms with van der Waals surface area (Å²) in [5.41, 5.74) is 2.34. The van der Waals surface area contributed by atoms with E-state index in [1.165, 1.54) is 43.6 Å². The molecule has 2 rings (SSSR count). The summed E-state index contributed by atoms with van der Waals surface area (Å²) in [7, 11) is 0. The molecule has 1 aliphatic carbocycles.